The minimum Gasteiger partial charge on any atom is -0.462 e. The molecular weight excluding hydrogens is 426 g/mol. The normalized spacial score (nSPS) is 46.6. The number of hydrogen-bond donors (Lipinski definition) is 2. The van der Waals surface area contributed by atoms with Crippen LogP contribution in [-0.2, 0) is 14.3 Å². The van der Waals surface area contributed by atoms with Gasteiger partial charge in [-0.2, -0.15) is 0 Å². The van der Waals surface area contributed by atoms with Crippen LogP contribution in [0, 0.1) is 46.3 Å². The topological polar surface area (TPSA) is 75.6 Å². The number of esters is 1. The summed E-state index contributed by atoms with van der Waals surface area (Å²) in [5.74, 6) is 3.33. The van der Waals surface area contributed by atoms with Crippen LogP contribution in [0.5, 0.6) is 0 Å². The van der Waals surface area contributed by atoms with Gasteiger partial charge >= 0.3 is 5.97 Å². The fraction of sp³-hybridized carbons (Fsp3) is 0.931. The Morgan fingerprint density at radius 3 is 2.41 bits per heavy atom. The molecule has 1 amide bonds. The lowest BCUT2D eigenvalue weighted by molar-refractivity contribution is -0.194. The van der Waals surface area contributed by atoms with Crippen LogP contribution >= 0.6 is 0 Å². The Bertz CT molecular complexity index is 795. The summed E-state index contributed by atoms with van der Waals surface area (Å²) in [5.41, 5.74) is 0.524. The summed E-state index contributed by atoms with van der Waals surface area (Å²) >= 11 is 0. The number of hydrogen-bond acceptors (Lipinski definition) is 4. The fourth-order valence-electron chi connectivity index (χ4n) is 9.57. The third-order valence-electron chi connectivity index (χ3n) is 11.5. The van der Waals surface area contributed by atoms with E-state index in [-0.39, 0.29) is 34.9 Å². The summed E-state index contributed by atoms with van der Waals surface area (Å²) in [6.45, 7) is 8.95. The third-order valence-corrected chi connectivity index (χ3v) is 11.5. The minimum absolute atomic E-state index is 0.00567. The van der Waals surface area contributed by atoms with E-state index in [1.807, 2.05) is 0 Å². The molecule has 5 heteroatoms. The number of ether oxygens (including phenoxy) is 1. The summed E-state index contributed by atoms with van der Waals surface area (Å²) < 4.78 is 6.09. The Kier molecular flexibility index (Phi) is 6.57. The molecule has 0 aromatic carbocycles. The monoisotopic (exact) mass is 473 g/mol. The first-order valence-corrected chi connectivity index (χ1v) is 14.3. The molecule has 0 heterocycles. The Labute approximate surface area is 206 Å². The van der Waals surface area contributed by atoms with Crippen LogP contribution < -0.4 is 5.32 Å². The van der Waals surface area contributed by atoms with E-state index in [9.17, 15) is 14.7 Å². The maximum atomic E-state index is 12.3. The Morgan fingerprint density at radius 2 is 1.71 bits per heavy atom. The number of aliphatic hydroxyl groups is 1. The van der Waals surface area contributed by atoms with E-state index in [2.05, 4.69) is 26.1 Å². The van der Waals surface area contributed by atoms with Gasteiger partial charge in [-0.05, 0) is 111 Å². The lowest BCUT2D eigenvalue weighted by Gasteiger charge is -2.62. The van der Waals surface area contributed by atoms with E-state index in [0.717, 1.165) is 44.9 Å². The van der Waals surface area contributed by atoms with Crippen molar-refractivity contribution < 1.29 is 19.4 Å². The van der Waals surface area contributed by atoms with Gasteiger partial charge < -0.3 is 15.2 Å². The molecule has 5 fully saturated rings. The van der Waals surface area contributed by atoms with Crippen molar-refractivity contribution in [3.8, 4) is 0 Å². The highest BCUT2D eigenvalue weighted by atomic mass is 16.5. The largest absolute Gasteiger partial charge is 0.462 e. The van der Waals surface area contributed by atoms with Crippen molar-refractivity contribution in [3.05, 3.63) is 0 Å². The molecule has 0 bridgehead atoms. The summed E-state index contributed by atoms with van der Waals surface area (Å²) in [6.07, 6.45) is 12.4. The van der Waals surface area contributed by atoms with Crippen molar-refractivity contribution in [1.82, 2.24) is 5.32 Å². The number of fused-ring (bicyclic) bond motifs is 5. The molecule has 5 unspecified atom stereocenters. The lowest BCUT2D eigenvalue weighted by Crippen LogP contribution is -2.59. The molecule has 34 heavy (non-hydrogen) atoms. The molecule has 0 spiro atoms. The molecule has 0 saturated heterocycles. The number of rotatable bonds is 6. The van der Waals surface area contributed by atoms with Crippen molar-refractivity contribution in [2.24, 2.45) is 46.3 Å². The number of amides is 1. The van der Waals surface area contributed by atoms with Crippen molar-refractivity contribution >= 4 is 11.9 Å². The summed E-state index contributed by atoms with van der Waals surface area (Å²) in [5, 5.41) is 13.6. The summed E-state index contributed by atoms with van der Waals surface area (Å²) in [4.78, 5) is 24.5. The van der Waals surface area contributed by atoms with Crippen LogP contribution in [0.25, 0.3) is 0 Å². The van der Waals surface area contributed by atoms with E-state index >= 15 is 0 Å². The molecule has 0 aliphatic heterocycles. The molecule has 5 nitrogen and oxygen atoms in total. The van der Waals surface area contributed by atoms with E-state index in [1.165, 1.54) is 25.7 Å². The fourth-order valence-corrected chi connectivity index (χ4v) is 9.57. The van der Waals surface area contributed by atoms with Gasteiger partial charge in [-0.1, -0.05) is 20.8 Å². The van der Waals surface area contributed by atoms with E-state index < -0.39 is 0 Å². The predicted molar refractivity (Wildman–Crippen MR) is 132 cm³/mol. The van der Waals surface area contributed by atoms with Gasteiger partial charge in [0.25, 0.3) is 0 Å². The molecule has 0 aromatic rings. The van der Waals surface area contributed by atoms with Crippen LogP contribution in [0.4, 0.5) is 0 Å². The lowest BCUT2D eigenvalue weighted by atomic mass is 9.43. The first-order valence-electron chi connectivity index (χ1n) is 14.3. The molecule has 2 N–H and O–H groups in total. The molecule has 192 valence electrons. The highest BCUT2D eigenvalue weighted by Crippen LogP contribution is 2.68. The smallest absolute Gasteiger partial charge is 0.302 e. The Morgan fingerprint density at radius 1 is 1.00 bits per heavy atom. The van der Waals surface area contributed by atoms with E-state index in [4.69, 9.17) is 4.74 Å². The number of carbonyl (C=O) groups is 2. The van der Waals surface area contributed by atoms with Crippen molar-refractivity contribution in [2.75, 3.05) is 0 Å². The zero-order valence-corrected chi connectivity index (χ0v) is 21.9. The van der Waals surface area contributed by atoms with E-state index in [1.54, 1.807) is 6.92 Å². The van der Waals surface area contributed by atoms with Gasteiger partial charge in [0.05, 0.1) is 6.10 Å². The van der Waals surface area contributed by atoms with Gasteiger partial charge in [0, 0.05) is 25.3 Å². The van der Waals surface area contributed by atoms with Crippen LogP contribution in [0.3, 0.4) is 0 Å². The quantitative estimate of drug-likeness (QED) is 0.517. The molecule has 10 atom stereocenters. The van der Waals surface area contributed by atoms with Gasteiger partial charge in [0.1, 0.15) is 6.10 Å². The highest BCUT2D eigenvalue weighted by molar-refractivity contribution is 5.76. The Balaban J connectivity index is 1.34. The Hall–Kier alpha value is -1.10. The molecular formula is C29H47NO4. The van der Waals surface area contributed by atoms with Gasteiger partial charge in [-0.3, -0.25) is 9.59 Å². The van der Waals surface area contributed by atoms with Crippen molar-refractivity contribution in [1.29, 1.82) is 0 Å². The number of nitrogens with one attached hydrogen (secondary N) is 1. The molecule has 0 radical (unpaired) electrons. The highest BCUT2D eigenvalue weighted by Gasteiger charge is 2.63. The first-order chi connectivity index (χ1) is 16.1. The zero-order valence-electron chi connectivity index (χ0n) is 21.9. The van der Waals surface area contributed by atoms with Crippen LogP contribution in [0.2, 0.25) is 0 Å². The SMILES string of the molecule is CC(=O)O[C@H]1CC2C[C@H](O)CC[C@]2(C)C2CC[C@@]3(C)C(CCC3[C@H](C)CCC(=O)NC3CC3)C21. The third kappa shape index (κ3) is 4.33. The maximum Gasteiger partial charge on any atom is 0.302 e. The first kappa shape index (κ1) is 24.6. The van der Waals surface area contributed by atoms with Gasteiger partial charge in [-0.25, -0.2) is 0 Å². The molecule has 5 aliphatic rings. The van der Waals surface area contributed by atoms with Gasteiger partial charge in [0.15, 0.2) is 0 Å². The van der Waals surface area contributed by atoms with Crippen LogP contribution in [0.15, 0.2) is 0 Å². The summed E-state index contributed by atoms with van der Waals surface area (Å²) in [6, 6.07) is 0.446. The van der Waals surface area contributed by atoms with Crippen molar-refractivity contribution in [3.63, 3.8) is 0 Å². The summed E-state index contributed by atoms with van der Waals surface area (Å²) in [7, 11) is 0. The molecule has 5 rings (SSSR count). The van der Waals surface area contributed by atoms with Crippen LogP contribution in [-0.4, -0.2) is 35.2 Å². The second kappa shape index (κ2) is 9.09. The minimum atomic E-state index is -0.199. The molecule has 5 saturated carbocycles. The van der Waals surface area contributed by atoms with Gasteiger partial charge in [0.2, 0.25) is 5.91 Å². The number of aliphatic hydroxyl groups excluding tert-OH is 1. The molecule has 0 aromatic heterocycles. The maximum absolute atomic E-state index is 12.3. The van der Waals surface area contributed by atoms with Crippen molar-refractivity contribution in [2.45, 2.75) is 123 Å². The second-order valence-electron chi connectivity index (χ2n) is 13.4. The average Bonchev–Trinajstić information content (AvgIpc) is 3.51. The standard InChI is InChI=1S/C29H47NO4/c1-17(5-10-26(33)30-20-6-7-20)22-8-9-23-27-24(12-14-29(22,23)4)28(3)13-11-21(32)15-19(28)16-25(27)34-18(2)31/h17,19-25,27,32H,5-16H2,1-4H3,(H,30,33)/t17-,19?,21-,22?,23?,24?,25+,27?,28+,29-/m1/s1. The van der Waals surface area contributed by atoms with Gasteiger partial charge in [-0.15, -0.1) is 0 Å². The number of carbonyl (C=O) groups excluding carboxylic acids is 2. The predicted octanol–water partition coefficient (Wildman–Crippen LogP) is 5.24. The average molecular weight is 474 g/mol. The van der Waals surface area contributed by atoms with E-state index in [0.29, 0.717) is 48.0 Å². The second-order valence-corrected chi connectivity index (χ2v) is 13.4. The molecule has 5 aliphatic carbocycles. The van der Waals surface area contributed by atoms with Crippen LogP contribution in [0.1, 0.15) is 105 Å². The zero-order chi connectivity index (χ0) is 24.3.